The number of carbonyl (C=O) groups is 1. The normalized spacial score (nSPS) is 13.2. The lowest BCUT2D eigenvalue weighted by atomic mass is 9.75. The maximum absolute atomic E-state index is 14.7. The van der Waals surface area contributed by atoms with Crippen molar-refractivity contribution in [3.8, 4) is 22.5 Å². The van der Waals surface area contributed by atoms with E-state index < -0.39 is 5.60 Å². The molecule has 0 N–H and O–H groups in total. The Hall–Kier alpha value is -5.35. The van der Waals surface area contributed by atoms with Crippen LogP contribution in [0.15, 0.2) is 133 Å². The topological polar surface area (TPSA) is 36.2 Å². The van der Waals surface area contributed by atoms with Gasteiger partial charge >= 0.3 is 5.97 Å². The third-order valence-electron chi connectivity index (χ3n) is 14.0. The van der Waals surface area contributed by atoms with Crippen molar-refractivity contribution in [2.45, 2.75) is 161 Å². The van der Waals surface area contributed by atoms with Crippen LogP contribution in [0.2, 0.25) is 0 Å². The maximum atomic E-state index is 14.7. The summed E-state index contributed by atoms with van der Waals surface area (Å²) in [6.45, 7) is 6.36. The minimum absolute atomic E-state index is 0.272. The van der Waals surface area contributed by atoms with Crippen LogP contribution in [0.1, 0.15) is 169 Å². The van der Waals surface area contributed by atoms with Crippen molar-refractivity contribution in [3.05, 3.63) is 156 Å². The Morgan fingerprint density at radius 1 is 0.406 bits per heavy atom. The number of ether oxygens (including phenoxy) is 1. The molecule has 0 saturated carbocycles. The summed E-state index contributed by atoms with van der Waals surface area (Å²) in [5.74, 6) is -0.272. The summed E-state index contributed by atoms with van der Waals surface area (Å²) in [7, 11) is 0. The summed E-state index contributed by atoms with van der Waals surface area (Å²) < 4.78 is 12.4. The number of aromatic nitrogens is 2. The zero-order chi connectivity index (χ0) is 44.0. The van der Waals surface area contributed by atoms with E-state index in [-0.39, 0.29) is 5.97 Å². The minimum Gasteiger partial charge on any atom is -0.440 e. The SMILES string of the molecule is CCCCCCCCCCCCn1c(-c2ccccc2)c(C2(c3c(-c4ccccc4)n(CCCCCCCCCCCC)c4ccccc34)OC(=O)c3ccccc32)c2ccccc21. The van der Waals surface area contributed by atoms with Crippen LogP contribution in [0.25, 0.3) is 44.3 Å². The van der Waals surface area contributed by atoms with Crippen molar-refractivity contribution in [1.29, 1.82) is 0 Å². The predicted molar refractivity (Wildman–Crippen MR) is 270 cm³/mol. The average molecular weight is 853 g/mol. The predicted octanol–water partition coefficient (Wildman–Crippen LogP) is 17.2. The van der Waals surface area contributed by atoms with Crippen molar-refractivity contribution in [3.63, 3.8) is 0 Å². The molecule has 7 aromatic rings. The Kier molecular flexibility index (Phi) is 15.9. The molecule has 2 aromatic heterocycles. The first-order chi connectivity index (χ1) is 31.7. The first kappa shape index (κ1) is 45.2. The zero-order valence-corrected chi connectivity index (χ0v) is 39.0. The van der Waals surface area contributed by atoms with Gasteiger partial charge in [0.05, 0.1) is 17.0 Å². The van der Waals surface area contributed by atoms with Gasteiger partial charge in [-0.05, 0) is 42.2 Å². The summed E-state index contributed by atoms with van der Waals surface area (Å²) in [4.78, 5) is 14.7. The lowest BCUT2D eigenvalue weighted by molar-refractivity contribution is 0.0262. The van der Waals surface area contributed by atoms with E-state index >= 15 is 0 Å². The Morgan fingerprint density at radius 3 is 1.20 bits per heavy atom. The number of hydrogen-bond acceptors (Lipinski definition) is 2. The fraction of sp³-hybridized carbons (Fsp3) is 0.417. The Morgan fingerprint density at radius 2 is 0.766 bits per heavy atom. The molecule has 0 atom stereocenters. The van der Waals surface area contributed by atoms with Crippen LogP contribution in [-0.4, -0.2) is 15.1 Å². The van der Waals surface area contributed by atoms with Crippen molar-refractivity contribution >= 4 is 27.8 Å². The van der Waals surface area contributed by atoms with E-state index in [1.165, 1.54) is 127 Å². The third-order valence-corrected chi connectivity index (χ3v) is 14.0. The Bertz CT molecular complexity index is 2400. The largest absolute Gasteiger partial charge is 0.440 e. The summed E-state index contributed by atoms with van der Waals surface area (Å²) in [6, 6.07) is 47.8. The second-order valence-corrected chi connectivity index (χ2v) is 18.5. The smallest absolute Gasteiger partial charge is 0.340 e. The Labute approximate surface area is 384 Å². The van der Waals surface area contributed by atoms with Gasteiger partial charge < -0.3 is 13.9 Å². The highest BCUT2D eigenvalue weighted by molar-refractivity contribution is 6.05. The van der Waals surface area contributed by atoms with Crippen LogP contribution in [0.3, 0.4) is 0 Å². The van der Waals surface area contributed by atoms with Gasteiger partial charge in [-0.15, -0.1) is 0 Å². The third kappa shape index (κ3) is 9.68. The number of para-hydroxylation sites is 2. The van der Waals surface area contributed by atoms with Crippen LogP contribution in [0, 0.1) is 0 Å². The number of fused-ring (bicyclic) bond motifs is 3. The van der Waals surface area contributed by atoms with E-state index in [1.54, 1.807) is 0 Å². The number of cyclic esters (lactones) is 1. The number of rotatable bonds is 26. The van der Waals surface area contributed by atoms with Gasteiger partial charge in [-0.2, -0.15) is 0 Å². The van der Waals surface area contributed by atoms with Crippen molar-refractivity contribution in [2.24, 2.45) is 0 Å². The van der Waals surface area contributed by atoms with Crippen LogP contribution < -0.4 is 0 Å². The van der Waals surface area contributed by atoms with Gasteiger partial charge in [0, 0.05) is 51.6 Å². The number of unbranched alkanes of at least 4 members (excludes halogenated alkanes) is 18. The first-order valence-corrected chi connectivity index (χ1v) is 25.4. The molecule has 0 saturated heterocycles. The van der Waals surface area contributed by atoms with E-state index in [1.807, 2.05) is 12.1 Å². The second kappa shape index (κ2) is 22.5. The van der Waals surface area contributed by atoms with Gasteiger partial charge in [-0.3, -0.25) is 0 Å². The van der Waals surface area contributed by atoms with Crippen LogP contribution in [0.5, 0.6) is 0 Å². The number of esters is 1. The van der Waals surface area contributed by atoms with E-state index in [0.717, 1.165) is 75.9 Å². The molecule has 0 aliphatic carbocycles. The fourth-order valence-electron chi connectivity index (χ4n) is 10.8. The number of hydrogen-bond donors (Lipinski definition) is 0. The molecule has 334 valence electrons. The molecular formula is C60H72N2O2. The Balaban J connectivity index is 1.26. The first-order valence-electron chi connectivity index (χ1n) is 25.4. The lowest BCUT2D eigenvalue weighted by Crippen LogP contribution is -2.31. The van der Waals surface area contributed by atoms with E-state index in [4.69, 9.17) is 4.74 Å². The van der Waals surface area contributed by atoms with E-state index in [2.05, 4.69) is 144 Å². The van der Waals surface area contributed by atoms with Gasteiger partial charge in [0.25, 0.3) is 0 Å². The van der Waals surface area contributed by atoms with Crippen molar-refractivity contribution in [2.75, 3.05) is 0 Å². The maximum Gasteiger partial charge on any atom is 0.340 e. The molecule has 8 rings (SSSR count). The molecule has 5 aromatic carbocycles. The number of carbonyl (C=O) groups excluding carboxylic acids is 1. The van der Waals surface area contributed by atoms with Gasteiger partial charge in [0.2, 0.25) is 0 Å². The fourth-order valence-corrected chi connectivity index (χ4v) is 10.8. The van der Waals surface area contributed by atoms with Crippen molar-refractivity contribution in [1.82, 2.24) is 9.13 Å². The van der Waals surface area contributed by atoms with Gasteiger partial charge in [-0.1, -0.05) is 245 Å². The second-order valence-electron chi connectivity index (χ2n) is 18.5. The summed E-state index contributed by atoms with van der Waals surface area (Å²) in [6.07, 6.45) is 25.8. The molecule has 1 aliphatic rings. The van der Waals surface area contributed by atoms with E-state index in [9.17, 15) is 4.79 Å². The zero-order valence-electron chi connectivity index (χ0n) is 39.0. The van der Waals surface area contributed by atoms with E-state index in [0.29, 0.717) is 5.56 Å². The summed E-state index contributed by atoms with van der Waals surface area (Å²) in [5, 5.41) is 2.26. The molecule has 1 aliphatic heterocycles. The van der Waals surface area contributed by atoms with Crippen LogP contribution in [0.4, 0.5) is 0 Å². The quantitative estimate of drug-likeness (QED) is 0.0402. The monoisotopic (exact) mass is 853 g/mol. The highest BCUT2D eigenvalue weighted by Crippen LogP contribution is 2.57. The number of aryl methyl sites for hydroxylation is 2. The van der Waals surface area contributed by atoms with Crippen LogP contribution >= 0.6 is 0 Å². The number of benzene rings is 5. The standard InChI is InChI=1S/C60H72N2O2/c1-3-5-7-9-11-13-15-17-19-33-45-61-53-43-31-28-40-50(53)55(57(61)47-35-23-21-24-36-47)60(52-42-30-27-39-49(52)59(63)64-60)56-51-41-29-32-44-54(51)62(58(56)48-37-25-22-26-38-48)46-34-20-18-16-14-12-10-8-6-4-2/h21-32,35-44H,3-20,33-34,45-46H2,1-2H3. The molecule has 0 bridgehead atoms. The lowest BCUT2D eigenvalue weighted by Gasteiger charge is -2.32. The molecule has 0 spiro atoms. The van der Waals surface area contributed by atoms with Gasteiger partial charge in [0.15, 0.2) is 5.60 Å². The molecule has 4 heteroatoms. The number of nitrogens with zero attached hydrogens (tertiary/aromatic N) is 2. The summed E-state index contributed by atoms with van der Waals surface area (Å²) in [5.41, 5.74) is 9.32. The molecule has 0 unspecified atom stereocenters. The highest BCUT2D eigenvalue weighted by atomic mass is 16.6. The van der Waals surface area contributed by atoms with Crippen molar-refractivity contribution < 1.29 is 9.53 Å². The highest BCUT2D eigenvalue weighted by Gasteiger charge is 2.54. The van der Waals surface area contributed by atoms with Crippen LogP contribution in [-0.2, 0) is 23.4 Å². The van der Waals surface area contributed by atoms with Gasteiger partial charge in [0.1, 0.15) is 0 Å². The molecule has 0 amide bonds. The van der Waals surface area contributed by atoms with Gasteiger partial charge in [-0.25, -0.2) is 4.79 Å². The molecule has 3 heterocycles. The molecule has 4 nitrogen and oxygen atoms in total. The summed E-state index contributed by atoms with van der Waals surface area (Å²) >= 11 is 0. The average Bonchev–Trinajstić information content (AvgIpc) is 3.96. The molecule has 64 heavy (non-hydrogen) atoms. The molecular weight excluding hydrogens is 781 g/mol. The minimum atomic E-state index is -1.24. The molecule has 0 fully saturated rings. The molecule has 0 radical (unpaired) electrons.